The number of anilines is 2. The molecular weight excluding hydrogens is 250 g/mol. The number of carbonyl (C=O) groups is 1. The summed E-state index contributed by atoms with van der Waals surface area (Å²) in [4.78, 5) is 14.2. The van der Waals surface area contributed by atoms with Gasteiger partial charge in [0.1, 0.15) is 4.88 Å². The maximum absolute atomic E-state index is 11.4. The number of hydrogen-bond donors (Lipinski definition) is 2. The number of ether oxygens (including phenoxy) is 1. The van der Waals surface area contributed by atoms with Gasteiger partial charge in [-0.15, -0.1) is 11.3 Å². The molecule has 0 unspecified atom stereocenters. The van der Waals surface area contributed by atoms with Crippen molar-refractivity contribution < 1.29 is 9.53 Å². The lowest BCUT2D eigenvalue weighted by Gasteiger charge is -2.17. The number of nitrogen functional groups attached to an aromatic ring is 1. The molecule has 1 heterocycles. The van der Waals surface area contributed by atoms with Crippen molar-refractivity contribution in [3.63, 3.8) is 0 Å². The fraction of sp³-hybridized carbons (Fsp3) is 0.583. The number of carbonyl (C=O) groups excluding carboxylic acids is 1. The summed E-state index contributed by atoms with van der Waals surface area (Å²) < 4.78 is 4.66. The first-order valence-electron chi connectivity index (χ1n) is 6.06. The molecule has 5 nitrogen and oxygen atoms in total. The molecule has 1 rings (SSSR count). The second-order valence-electron chi connectivity index (χ2n) is 3.84. The van der Waals surface area contributed by atoms with Crippen molar-refractivity contribution in [2.75, 3.05) is 44.3 Å². The van der Waals surface area contributed by atoms with Crippen molar-refractivity contribution in [1.82, 2.24) is 4.90 Å². The molecule has 0 saturated carbocycles. The molecule has 0 spiro atoms. The average Bonchev–Trinajstić information content (AvgIpc) is 2.75. The number of esters is 1. The summed E-state index contributed by atoms with van der Waals surface area (Å²) in [7, 11) is 1.36. The Labute approximate surface area is 112 Å². The summed E-state index contributed by atoms with van der Waals surface area (Å²) in [6, 6.07) is 1.78. The molecule has 0 aliphatic heterocycles. The molecule has 0 bridgehead atoms. The summed E-state index contributed by atoms with van der Waals surface area (Å²) >= 11 is 1.33. The maximum atomic E-state index is 11.4. The first kappa shape index (κ1) is 14.8. The summed E-state index contributed by atoms with van der Waals surface area (Å²) in [5, 5.41) is 4.18. The van der Waals surface area contributed by atoms with Crippen LogP contribution < -0.4 is 11.1 Å². The van der Waals surface area contributed by atoms with E-state index >= 15 is 0 Å². The minimum atomic E-state index is -0.380. The molecule has 102 valence electrons. The fourth-order valence-electron chi connectivity index (χ4n) is 1.62. The number of rotatable bonds is 7. The van der Waals surface area contributed by atoms with Gasteiger partial charge in [0.05, 0.1) is 17.8 Å². The second kappa shape index (κ2) is 7.23. The predicted molar refractivity (Wildman–Crippen MR) is 76.3 cm³/mol. The minimum absolute atomic E-state index is 0.380. The monoisotopic (exact) mass is 271 g/mol. The molecule has 0 aliphatic rings. The Kier molecular flexibility index (Phi) is 5.94. The molecule has 6 heteroatoms. The lowest BCUT2D eigenvalue weighted by atomic mass is 10.4. The predicted octanol–water partition coefficient (Wildman–Crippen LogP) is 1.87. The van der Waals surface area contributed by atoms with Crippen LogP contribution in [0.5, 0.6) is 0 Å². The van der Waals surface area contributed by atoms with Crippen molar-refractivity contribution in [3.8, 4) is 0 Å². The third-order valence-electron chi connectivity index (χ3n) is 2.75. The van der Waals surface area contributed by atoms with E-state index in [9.17, 15) is 4.79 Å². The van der Waals surface area contributed by atoms with Crippen LogP contribution in [0, 0.1) is 0 Å². The van der Waals surface area contributed by atoms with Gasteiger partial charge in [-0.3, -0.25) is 0 Å². The van der Waals surface area contributed by atoms with Crippen LogP contribution in [0.3, 0.4) is 0 Å². The van der Waals surface area contributed by atoms with Crippen LogP contribution in [0.4, 0.5) is 10.7 Å². The van der Waals surface area contributed by atoms with Crippen molar-refractivity contribution in [3.05, 3.63) is 10.9 Å². The Bertz CT molecular complexity index is 389. The van der Waals surface area contributed by atoms with Gasteiger partial charge < -0.3 is 20.7 Å². The maximum Gasteiger partial charge on any atom is 0.350 e. The molecule has 1 aromatic heterocycles. The Morgan fingerprint density at radius 3 is 2.72 bits per heavy atom. The number of hydrogen-bond acceptors (Lipinski definition) is 6. The van der Waals surface area contributed by atoms with Crippen LogP contribution in [-0.4, -0.2) is 44.2 Å². The smallest absolute Gasteiger partial charge is 0.350 e. The molecule has 3 N–H and O–H groups in total. The number of nitrogens with two attached hydrogens (primary N) is 1. The third-order valence-corrected chi connectivity index (χ3v) is 3.84. The Morgan fingerprint density at radius 1 is 1.50 bits per heavy atom. The summed E-state index contributed by atoms with van der Waals surface area (Å²) in [6.07, 6.45) is 0. The van der Waals surface area contributed by atoms with Gasteiger partial charge in [-0.25, -0.2) is 4.79 Å². The number of methoxy groups -OCH3 is 1. The van der Waals surface area contributed by atoms with Gasteiger partial charge in [0.2, 0.25) is 0 Å². The molecule has 0 amide bonds. The third kappa shape index (κ3) is 3.89. The molecule has 0 fully saturated rings. The molecular formula is C12H21N3O2S. The Hall–Kier alpha value is -1.27. The number of nitrogens with zero attached hydrogens (tertiary/aromatic N) is 1. The van der Waals surface area contributed by atoms with Crippen molar-refractivity contribution >= 4 is 28.0 Å². The standard InChI is InChI=1S/C12H21N3O2S/c1-4-15(5-2)7-6-14-10-8-9(13)11(18-10)12(16)17-3/h8,14H,4-7,13H2,1-3H3. The van der Waals surface area contributed by atoms with Gasteiger partial charge in [-0.05, 0) is 19.2 Å². The zero-order valence-corrected chi connectivity index (χ0v) is 12.0. The highest BCUT2D eigenvalue weighted by molar-refractivity contribution is 7.18. The highest BCUT2D eigenvalue weighted by atomic mass is 32.1. The van der Waals surface area contributed by atoms with Gasteiger partial charge >= 0.3 is 5.97 Å². The zero-order chi connectivity index (χ0) is 13.5. The van der Waals surface area contributed by atoms with Crippen LogP contribution in [-0.2, 0) is 4.74 Å². The Balaban J connectivity index is 2.51. The first-order chi connectivity index (χ1) is 8.62. The van der Waals surface area contributed by atoms with Gasteiger partial charge in [0.25, 0.3) is 0 Å². The van der Waals surface area contributed by atoms with Gasteiger partial charge in [-0.1, -0.05) is 13.8 Å². The van der Waals surface area contributed by atoms with E-state index in [0.717, 1.165) is 31.2 Å². The van der Waals surface area contributed by atoms with Crippen LogP contribution in [0.25, 0.3) is 0 Å². The highest BCUT2D eigenvalue weighted by Gasteiger charge is 2.14. The second-order valence-corrected chi connectivity index (χ2v) is 4.89. The molecule has 1 aromatic rings. The quantitative estimate of drug-likeness (QED) is 0.741. The number of thiophene rings is 1. The van der Waals surface area contributed by atoms with E-state index in [1.54, 1.807) is 6.07 Å². The van der Waals surface area contributed by atoms with Gasteiger partial charge in [-0.2, -0.15) is 0 Å². The van der Waals surface area contributed by atoms with E-state index < -0.39 is 0 Å². The fourth-order valence-corrected chi connectivity index (χ4v) is 2.54. The molecule has 0 radical (unpaired) electrons. The molecule has 0 aromatic carbocycles. The molecule has 0 saturated heterocycles. The van der Waals surface area contributed by atoms with Crippen LogP contribution in [0.15, 0.2) is 6.07 Å². The van der Waals surface area contributed by atoms with Gasteiger partial charge in [0.15, 0.2) is 0 Å². The van der Waals surface area contributed by atoms with Gasteiger partial charge in [0, 0.05) is 13.1 Å². The SMILES string of the molecule is CCN(CC)CCNc1cc(N)c(C(=O)OC)s1. The van der Waals surface area contributed by atoms with E-state index in [0.29, 0.717) is 10.6 Å². The van der Waals surface area contributed by atoms with E-state index in [4.69, 9.17) is 5.73 Å². The minimum Gasteiger partial charge on any atom is -0.465 e. The summed E-state index contributed by atoms with van der Waals surface area (Å²) in [5.41, 5.74) is 6.23. The topological polar surface area (TPSA) is 67.6 Å². The number of likely N-dealkylation sites (N-methyl/N-ethyl adjacent to an activating group) is 1. The van der Waals surface area contributed by atoms with Crippen LogP contribution in [0.1, 0.15) is 23.5 Å². The highest BCUT2D eigenvalue weighted by Crippen LogP contribution is 2.29. The lowest BCUT2D eigenvalue weighted by Crippen LogP contribution is -2.28. The molecule has 0 aliphatic carbocycles. The van der Waals surface area contributed by atoms with Crippen molar-refractivity contribution in [2.24, 2.45) is 0 Å². The lowest BCUT2D eigenvalue weighted by molar-refractivity contribution is 0.0607. The summed E-state index contributed by atoms with van der Waals surface area (Å²) in [5.74, 6) is -0.380. The van der Waals surface area contributed by atoms with Crippen molar-refractivity contribution in [2.45, 2.75) is 13.8 Å². The normalized spacial score (nSPS) is 10.7. The van der Waals surface area contributed by atoms with Crippen molar-refractivity contribution in [1.29, 1.82) is 0 Å². The van der Waals surface area contributed by atoms with Crippen LogP contribution in [0.2, 0.25) is 0 Å². The average molecular weight is 271 g/mol. The number of nitrogens with one attached hydrogen (secondary N) is 1. The first-order valence-corrected chi connectivity index (χ1v) is 6.87. The van der Waals surface area contributed by atoms with E-state index in [2.05, 4.69) is 28.8 Å². The van der Waals surface area contributed by atoms with E-state index in [1.165, 1.54) is 18.4 Å². The van der Waals surface area contributed by atoms with E-state index in [1.807, 2.05) is 0 Å². The van der Waals surface area contributed by atoms with Crippen LogP contribution >= 0.6 is 11.3 Å². The Morgan fingerprint density at radius 2 is 2.17 bits per heavy atom. The summed E-state index contributed by atoms with van der Waals surface area (Å²) in [6.45, 7) is 8.17. The van der Waals surface area contributed by atoms with E-state index in [-0.39, 0.29) is 5.97 Å². The molecule has 0 atom stereocenters. The zero-order valence-electron chi connectivity index (χ0n) is 11.2. The largest absolute Gasteiger partial charge is 0.465 e. The molecule has 18 heavy (non-hydrogen) atoms.